The molecule has 174 valence electrons. The third-order valence-electron chi connectivity index (χ3n) is 6.26. The molecule has 0 bridgehead atoms. The van der Waals surface area contributed by atoms with E-state index >= 15 is 0 Å². The van der Waals surface area contributed by atoms with Gasteiger partial charge in [-0.2, -0.15) is 0 Å². The molecule has 2 aliphatic rings. The third kappa shape index (κ3) is 4.41. The summed E-state index contributed by atoms with van der Waals surface area (Å²) in [5, 5.41) is 13.2. The standard InChI is InChI=1S/C24H27FN4O4/c1-3-15(2)12-27-9-4-10-29-19(27)14-28-13-18(21(30)22(31)20(28)24(29)33)23(32)26-11-16-5-7-17(25)8-6-16/h3,5-8,13,19,31H,4,9-12,14H2,1-2H3,(H,26,32)/b15-3+. The average Bonchev–Trinajstić information content (AvgIpc) is 2.81. The molecule has 0 radical (unpaired) electrons. The van der Waals surface area contributed by atoms with Gasteiger partial charge in [0.25, 0.3) is 11.8 Å². The normalized spacial score (nSPS) is 18.6. The van der Waals surface area contributed by atoms with Crippen molar-refractivity contribution in [2.24, 2.45) is 0 Å². The lowest BCUT2D eigenvalue weighted by molar-refractivity contribution is -0.00598. The van der Waals surface area contributed by atoms with Crippen LogP contribution in [0.3, 0.4) is 0 Å². The van der Waals surface area contributed by atoms with E-state index in [0.717, 1.165) is 13.0 Å². The number of nitrogens with one attached hydrogen (secondary N) is 1. The first-order valence-electron chi connectivity index (χ1n) is 11.0. The third-order valence-corrected chi connectivity index (χ3v) is 6.26. The molecule has 9 heteroatoms. The molecule has 2 amide bonds. The van der Waals surface area contributed by atoms with Gasteiger partial charge in [0, 0.05) is 32.4 Å². The first-order chi connectivity index (χ1) is 15.8. The summed E-state index contributed by atoms with van der Waals surface area (Å²) in [6.07, 6.45) is 3.95. The number of rotatable bonds is 5. The molecule has 4 rings (SSSR count). The lowest BCUT2D eigenvalue weighted by atomic mass is 10.1. The largest absolute Gasteiger partial charge is 0.503 e. The Labute approximate surface area is 190 Å². The molecule has 1 atom stereocenters. The van der Waals surface area contributed by atoms with Gasteiger partial charge in [-0.1, -0.05) is 23.8 Å². The minimum atomic E-state index is -0.886. The summed E-state index contributed by atoms with van der Waals surface area (Å²) in [7, 11) is 0. The molecule has 1 aromatic carbocycles. The maximum Gasteiger partial charge on any atom is 0.275 e. The van der Waals surface area contributed by atoms with Gasteiger partial charge in [-0.15, -0.1) is 0 Å². The van der Waals surface area contributed by atoms with Crippen molar-refractivity contribution in [1.29, 1.82) is 0 Å². The van der Waals surface area contributed by atoms with Crippen LogP contribution in [-0.4, -0.2) is 57.1 Å². The van der Waals surface area contributed by atoms with Crippen molar-refractivity contribution < 1.29 is 19.1 Å². The molecule has 0 aliphatic carbocycles. The van der Waals surface area contributed by atoms with Crippen LogP contribution in [0.4, 0.5) is 4.39 Å². The number of aromatic hydroxyl groups is 1. The fourth-order valence-corrected chi connectivity index (χ4v) is 4.36. The molecule has 2 aliphatic heterocycles. The van der Waals surface area contributed by atoms with E-state index in [1.54, 1.807) is 4.90 Å². The van der Waals surface area contributed by atoms with Gasteiger partial charge in [-0.25, -0.2) is 4.39 Å². The van der Waals surface area contributed by atoms with Gasteiger partial charge in [0.1, 0.15) is 17.5 Å². The average molecular weight is 455 g/mol. The Kier molecular flexibility index (Phi) is 6.33. The van der Waals surface area contributed by atoms with E-state index in [2.05, 4.69) is 10.2 Å². The fraction of sp³-hybridized carbons (Fsp3) is 0.375. The molecule has 1 saturated heterocycles. The maximum absolute atomic E-state index is 13.2. The summed E-state index contributed by atoms with van der Waals surface area (Å²) in [5.74, 6) is -2.19. The first-order valence-corrected chi connectivity index (χ1v) is 11.0. The van der Waals surface area contributed by atoms with Gasteiger partial charge >= 0.3 is 0 Å². The molecule has 3 heterocycles. The van der Waals surface area contributed by atoms with Crippen LogP contribution in [0.25, 0.3) is 0 Å². The molecular formula is C24H27FN4O4. The van der Waals surface area contributed by atoms with Crippen molar-refractivity contribution in [3.8, 4) is 5.75 Å². The smallest absolute Gasteiger partial charge is 0.275 e. The zero-order chi connectivity index (χ0) is 23.7. The van der Waals surface area contributed by atoms with E-state index in [4.69, 9.17) is 0 Å². The van der Waals surface area contributed by atoms with Crippen LogP contribution in [0, 0.1) is 5.82 Å². The molecule has 1 aromatic heterocycles. The van der Waals surface area contributed by atoms with Crippen molar-refractivity contribution in [3.63, 3.8) is 0 Å². The predicted molar refractivity (Wildman–Crippen MR) is 120 cm³/mol. The van der Waals surface area contributed by atoms with E-state index in [0.29, 0.717) is 25.2 Å². The zero-order valence-electron chi connectivity index (χ0n) is 18.7. The lowest BCUT2D eigenvalue weighted by Gasteiger charge is -2.47. The summed E-state index contributed by atoms with van der Waals surface area (Å²) >= 11 is 0. The van der Waals surface area contributed by atoms with Crippen LogP contribution in [0.1, 0.15) is 46.7 Å². The zero-order valence-corrected chi connectivity index (χ0v) is 18.7. The van der Waals surface area contributed by atoms with E-state index in [1.807, 2.05) is 19.9 Å². The highest BCUT2D eigenvalue weighted by Crippen LogP contribution is 2.28. The first kappa shape index (κ1) is 22.7. The second-order valence-electron chi connectivity index (χ2n) is 8.47. The molecule has 2 N–H and O–H groups in total. The van der Waals surface area contributed by atoms with E-state index in [-0.39, 0.29) is 29.8 Å². The highest BCUT2D eigenvalue weighted by atomic mass is 19.1. The Morgan fingerprint density at radius 3 is 2.67 bits per heavy atom. The number of aromatic nitrogens is 1. The highest BCUT2D eigenvalue weighted by molar-refractivity contribution is 5.99. The number of hydrogen-bond acceptors (Lipinski definition) is 5. The second-order valence-corrected chi connectivity index (χ2v) is 8.47. The van der Waals surface area contributed by atoms with E-state index in [9.17, 15) is 23.9 Å². The Hall–Kier alpha value is -3.46. The number of benzene rings is 1. The number of carbonyl (C=O) groups is 2. The topological polar surface area (TPSA) is 94.9 Å². The number of halogens is 1. The fourth-order valence-electron chi connectivity index (χ4n) is 4.36. The highest BCUT2D eigenvalue weighted by Gasteiger charge is 2.40. The van der Waals surface area contributed by atoms with Gasteiger partial charge in [-0.3, -0.25) is 19.3 Å². The van der Waals surface area contributed by atoms with Crippen LogP contribution in [0.5, 0.6) is 5.75 Å². The summed E-state index contributed by atoms with van der Waals surface area (Å²) in [6.45, 7) is 6.50. The van der Waals surface area contributed by atoms with Crippen LogP contribution < -0.4 is 10.7 Å². The van der Waals surface area contributed by atoms with Crippen LogP contribution in [0.15, 0.2) is 46.9 Å². The Balaban J connectivity index is 1.62. The SMILES string of the molecule is C/C=C(\C)CN1CCCN2C(=O)c3c(O)c(=O)c(C(=O)NCc4ccc(F)cc4)cn3CC12. The van der Waals surface area contributed by atoms with Gasteiger partial charge in [0.05, 0.1) is 6.54 Å². The van der Waals surface area contributed by atoms with Gasteiger partial charge in [-0.05, 0) is 38.0 Å². The molecule has 0 saturated carbocycles. The Morgan fingerprint density at radius 2 is 1.97 bits per heavy atom. The molecule has 1 fully saturated rings. The van der Waals surface area contributed by atoms with E-state index < -0.39 is 23.0 Å². The molecule has 1 unspecified atom stereocenters. The number of pyridine rings is 1. The molecular weight excluding hydrogens is 427 g/mol. The van der Waals surface area contributed by atoms with Crippen LogP contribution >= 0.6 is 0 Å². The summed E-state index contributed by atoms with van der Waals surface area (Å²) in [6, 6.07) is 5.63. The minimum Gasteiger partial charge on any atom is -0.503 e. The number of carbonyl (C=O) groups excluding carboxylic acids is 2. The van der Waals surface area contributed by atoms with Gasteiger partial charge in [0.15, 0.2) is 11.4 Å². The Bertz CT molecular complexity index is 1170. The number of amides is 2. The van der Waals surface area contributed by atoms with Crippen LogP contribution in [-0.2, 0) is 13.1 Å². The van der Waals surface area contributed by atoms with Gasteiger partial charge < -0.3 is 19.9 Å². The number of nitrogens with zero attached hydrogens (tertiary/aromatic N) is 3. The quantitative estimate of drug-likeness (QED) is 0.675. The van der Waals surface area contributed by atoms with Gasteiger partial charge in [0.2, 0.25) is 5.43 Å². The van der Waals surface area contributed by atoms with Crippen molar-refractivity contribution in [1.82, 2.24) is 19.7 Å². The second kappa shape index (κ2) is 9.19. The van der Waals surface area contributed by atoms with Crippen molar-refractivity contribution in [2.45, 2.75) is 39.5 Å². The monoisotopic (exact) mass is 454 g/mol. The summed E-state index contributed by atoms with van der Waals surface area (Å²) in [5.41, 5.74) is 0.625. The number of fused-ring (bicyclic) bond motifs is 2. The molecule has 33 heavy (non-hydrogen) atoms. The predicted octanol–water partition coefficient (Wildman–Crippen LogP) is 2.08. The Morgan fingerprint density at radius 1 is 1.24 bits per heavy atom. The van der Waals surface area contributed by atoms with Crippen molar-refractivity contribution >= 4 is 11.8 Å². The number of allylic oxidation sites excluding steroid dienone is 1. The maximum atomic E-state index is 13.2. The number of hydrogen-bond donors (Lipinski definition) is 2. The molecule has 0 spiro atoms. The molecule has 2 aromatic rings. The minimum absolute atomic E-state index is 0.0871. The van der Waals surface area contributed by atoms with Crippen molar-refractivity contribution in [2.75, 3.05) is 19.6 Å². The molecule has 8 nitrogen and oxygen atoms in total. The van der Waals surface area contributed by atoms with Crippen molar-refractivity contribution in [3.05, 3.63) is 75.0 Å². The van der Waals surface area contributed by atoms with Crippen LogP contribution in [0.2, 0.25) is 0 Å². The summed E-state index contributed by atoms with van der Waals surface area (Å²) < 4.78 is 14.6. The summed E-state index contributed by atoms with van der Waals surface area (Å²) in [4.78, 5) is 42.5. The van der Waals surface area contributed by atoms with E-state index in [1.165, 1.54) is 40.6 Å². The lowest BCUT2D eigenvalue weighted by Crippen LogP contribution is -2.61.